The average molecular weight is 211 g/mol. The molecular formula is C10H19N4O+. The number of aromatic nitrogens is 1. The first-order valence-corrected chi connectivity index (χ1v) is 4.96. The maximum atomic E-state index is 5.86. The molecule has 0 amide bonds. The number of ether oxygens (including phenoxy) is 1. The van der Waals surface area contributed by atoms with E-state index in [9.17, 15) is 0 Å². The topological polar surface area (TPSA) is 78.7 Å². The van der Waals surface area contributed by atoms with Crippen molar-refractivity contribution in [3.05, 3.63) is 12.1 Å². The van der Waals surface area contributed by atoms with Crippen LogP contribution in [0.2, 0.25) is 0 Å². The number of aromatic amines is 1. The van der Waals surface area contributed by atoms with Crippen LogP contribution < -0.4 is 26.1 Å². The molecule has 1 aromatic rings. The Bertz CT molecular complexity index is 316. The third kappa shape index (κ3) is 2.99. The van der Waals surface area contributed by atoms with Crippen molar-refractivity contribution in [2.45, 2.75) is 6.42 Å². The van der Waals surface area contributed by atoms with Crippen LogP contribution in [-0.4, -0.2) is 27.2 Å². The largest absolute Gasteiger partial charge is 0.466 e. The molecule has 5 N–H and O–H groups in total. The number of nitrogens with one attached hydrogen (secondary N) is 1. The lowest BCUT2D eigenvalue weighted by Crippen LogP contribution is -2.29. The highest BCUT2D eigenvalue weighted by molar-refractivity contribution is 5.58. The molecule has 0 aliphatic carbocycles. The van der Waals surface area contributed by atoms with Gasteiger partial charge in [0.15, 0.2) is 0 Å². The molecule has 0 radical (unpaired) electrons. The summed E-state index contributed by atoms with van der Waals surface area (Å²) in [6.07, 6.45) is 0.932. The molecule has 1 heterocycles. The van der Waals surface area contributed by atoms with Gasteiger partial charge < -0.3 is 16.2 Å². The van der Waals surface area contributed by atoms with Crippen LogP contribution in [0.15, 0.2) is 12.1 Å². The molecule has 0 unspecified atom stereocenters. The van der Waals surface area contributed by atoms with Gasteiger partial charge in [0.2, 0.25) is 0 Å². The van der Waals surface area contributed by atoms with Gasteiger partial charge in [0.05, 0.1) is 20.7 Å². The summed E-state index contributed by atoms with van der Waals surface area (Å²) in [5.74, 6) is 1.56. The van der Waals surface area contributed by atoms with E-state index in [2.05, 4.69) is 4.98 Å². The summed E-state index contributed by atoms with van der Waals surface area (Å²) in [6.45, 7) is 1.54. The second kappa shape index (κ2) is 5.41. The SMILES string of the molecule is COc1ccc(N)c(N(C)CCCN)[nH+]1. The smallest absolute Gasteiger partial charge is 0.300 e. The Morgan fingerprint density at radius 2 is 2.20 bits per heavy atom. The van der Waals surface area contributed by atoms with Gasteiger partial charge in [0.25, 0.3) is 5.88 Å². The van der Waals surface area contributed by atoms with E-state index in [-0.39, 0.29) is 0 Å². The van der Waals surface area contributed by atoms with Gasteiger partial charge in [-0.25, -0.2) is 4.98 Å². The zero-order valence-corrected chi connectivity index (χ0v) is 9.29. The third-order valence-corrected chi connectivity index (χ3v) is 2.23. The van der Waals surface area contributed by atoms with Crippen LogP contribution in [0.4, 0.5) is 11.5 Å². The number of nitrogen functional groups attached to an aromatic ring is 1. The highest BCUT2D eigenvalue weighted by Crippen LogP contribution is 2.17. The molecule has 0 fully saturated rings. The number of nitrogens with two attached hydrogens (primary N) is 2. The lowest BCUT2D eigenvalue weighted by atomic mass is 10.3. The summed E-state index contributed by atoms with van der Waals surface area (Å²) in [6, 6.07) is 3.62. The minimum atomic E-state index is 0.675. The molecule has 1 aromatic heterocycles. The van der Waals surface area contributed by atoms with E-state index >= 15 is 0 Å². The summed E-state index contributed by atoms with van der Waals surface area (Å²) in [7, 11) is 3.59. The highest BCUT2D eigenvalue weighted by Gasteiger charge is 2.15. The fraction of sp³-hybridized carbons (Fsp3) is 0.500. The Morgan fingerprint density at radius 1 is 1.47 bits per heavy atom. The van der Waals surface area contributed by atoms with E-state index in [0.29, 0.717) is 18.1 Å². The third-order valence-electron chi connectivity index (χ3n) is 2.23. The monoisotopic (exact) mass is 211 g/mol. The summed E-state index contributed by atoms with van der Waals surface area (Å²) in [4.78, 5) is 5.14. The molecule has 5 heteroatoms. The summed E-state index contributed by atoms with van der Waals surface area (Å²) < 4.78 is 5.10. The van der Waals surface area contributed by atoms with E-state index in [1.54, 1.807) is 13.2 Å². The number of nitrogens with zero attached hydrogens (tertiary/aromatic N) is 1. The molecule has 0 aromatic carbocycles. The fourth-order valence-electron chi connectivity index (χ4n) is 1.35. The Hall–Kier alpha value is -1.49. The van der Waals surface area contributed by atoms with Crippen molar-refractivity contribution in [3.63, 3.8) is 0 Å². The zero-order chi connectivity index (χ0) is 11.3. The Morgan fingerprint density at radius 3 is 2.80 bits per heavy atom. The Kier molecular flexibility index (Phi) is 4.17. The van der Waals surface area contributed by atoms with Gasteiger partial charge in [0.1, 0.15) is 5.69 Å². The number of hydrogen-bond donors (Lipinski definition) is 2. The molecule has 1 rings (SSSR count). The number of rotatable bonds is 5. The number of methoxy groups -OCH3 is 1. The van der Waals surface area contributed by atoms with Crippen LogP contribution in [0, 0.1) is 0 Å². The minimum absolute atomic E-state index is 0.675. The summed E-state index contributed by atoms with van der Waals surface area (Å²) in [5, 5.41) is 0. The molecule has 0 aliphatic heterocycles. The lowest BCUT2D eigenvalue weighted by molar-refractivity contribution is -0.378. The van der Waals surface area contributed by atoms with E-state index in [4.69, 9.17) is 16.2 Å². The molecule has 0 aliphatic rings. The van der Waals surface area contributed by atoms with E-state index in [0.717, 1.165) is 18.8 Å². The van der Waals surface area contributed by atoms with Gasteiger partial charge in [-0.3, -0.25) is 4.90 Å². The molecule has 5 nitrogen and oxygen atoms in total. The van der Waals surface area contributed by atoms with Gasteiger partial charge in [-0.05, 0) is 19.0 Å². The minimum Gasteiger partial charge on any atom is -0.466 e. The zero-order valence-electron chi connectivity index (χ0n) is 9.29. The first-order chi connectivity index (χ1) is 7.19. The Balaban J connectivity index is 2.81. The predicted octanol–water partition coefficient (Wildman–Crippen LogP) is -0.123. The quantitative estimate of drug-likeness (QED) is 0.711. The average Bonchev–Trinajstić information content (AvgIpc) is 2.26. The van der Waals surface area contributed by atoms with Crippen molar-refractivity contribution in [3.8, 4) is 5.88 Å². The molecule has 0 saturated heterocycles. The summed E-state index contributed by atoms with van der Waals surface area (Å²) >= 11 is 0. The van der Waals surface area contributed by atoms with Crippen LogP contribution in [0.25, 0.3) is 0 Å². The van der Waals surface area contributed by atoms with E-state index < -0.39 is 0 Å². The van der Waals surface area contributed by atoms with Crippen LogP contribution >= 0.6 is 0 Å². The second-order valence-electron chi connectivity index (χ2n) is 3.39. The van der Waals surface area contributed by atoms with Crippen molar-refractivity contribution in [1.29, 1.82) is 0 Å². The van der Waals surface area contributed by atoms with Crippen LogP contribution in [0.5, 0.6) is 5.88 Å². The summed E-state index contributed by atoms with van der Waals surface area (Å²) in [5.41, 5.74) is 12.0. The number of anilines is 2. The van der Waals surface area contributed by atoms with Gasteiger partial charge in [-0.15, -0.1) is 0 Å². The van der Waals surface area contributed by atoms with Gasteiger partial charge in [0, 0.05) is 6.07 Å². The molecule has 15 heavy (non-hydrogen) atoms. The number of hydrogen-bond acceptors (Lipinski definition) is 4. The van der Waals surface area contributed by atoms with Crippen molar-refractivity contribution >= 4 is 11.5 Å². The second-order valence-corrected chi connectivity index (χ2v) is 3.39. The maximum Gasteiger partial charge on any atom is 0.300 e. The van der Waals surface area contributed by atoms with Gasteiger partial charge >= 0.3 is 5.82 Å². The van der Waals surface area contributed by atoms with Crippen molar-refractivity contribution in [2.75, 3.05) is 37.9 Å². The highest BCUT2D eigenvalue weighted by atomic mass is 16.5. The Labute approximate surface area is 90.0 Å². The van der Waals surface area contributed by atoms with Crippen molar-refractivity contribution in [2.24, 2.45) is 5.73 Å². The number of H-pyrrole nitrogens is 1. The predicted molar refractivity (Wildman–Crippen MR) is 60.9 cm³/mol. The van der Waals surface area contributed by atoms with Crippen LogP contribution in [-0.2, 0) is 0 Å². The fourth-order valence-corrected chi connectivity index (χ4v) is 1.35. The first kappa shape index (κ1) is 11.6. The van der Waals surface area contributed by atoms with Crippen molar-refractivity contribution in [1.82, 2.24) is 0 Å². The molecule has 0 atom stereocenters. The van der Waals surface area contributed by atoms with Gasteiger partial charge in [-0.1, -0.05) is 0 Å². The first-order valence-electron chi connectivity index (χ1n) is 4.96. The van der Waals surface area contributed by atoms with Crippen LogP contribution in [0.3, 0.4) is 0 Å². The molecular weight excluding hydrogens is 192 g/mol. The molecule has 0 spiro atoms. The molecule has 0 bridgehead atoms. The molecule has 0 saturated carbocycles. The molecule has 84 valence electrons. The normalized spacial score (nSPS) is 10.1. The van der Waals surface area contributed by atoms with Crippen molar-refractivity contribution < 1.29 is 9.72 Å². The standard InChI is InChI=1S/C10H18N4O/c1-14(7-3-6-11)10-8(12)4-5-9(13-10)15-2/h4-5H,3,6-7,11-12H2,1-2H3/p+1. The van der Waals surface area contributed by atoms with E-state index in [1.165, 1.54) is 0 Å². The van der Waals surface area contributed by atoms with Crippen LogP contribution in [0.1, 0.15) is 6.42 Å². The van der Waals surface area contributed by atoms with Gasteiger partial charge in [-0.2, -0.15) is 0 Å². The lowest BCUT2D eigenvalue weighted by Gasteiger charge is -2.12. The maximum absolute atomic E-state index is 5.86. The van der Waals surface area contributed by atoms with E-state index in [1.807, 2.05) is 18.0 Å². The number of pyridine rings is 1.